The third-order valence-corrected chi connectivity index (χ3v) is 5.72. The summed E-state index contributed by atoms with van der Waals surface area (Å²) in [6, 6.07) is -4.46. The molecule has 0 aliphatic rings. The monoisotopic (exact) mass is 597 g/mol. The molecule has 0 aromatic rings. The van der Waals surface area contributed by atoms with Gasteiger partial charge in [0.15, 0.2) is 17.9 Å². The van der Waals surface area contributed by atoms with Crippen LogP contribution >= 0.6 is 0 Å². The van der Waals surface area contributed by atoms with Gasteiger partial charge in [-0.3, -0.25) is 40.2 Å². The molecule has 19 heteroatoms. The third kappa shape index (κ3) is 18.6. The SMILES string of the molecule is N=C(N)NCCC[C@H]([C]=O)NC(=O)[C@@H](CCC(N)=O)NC(=O)[C@@H](CCCNC(=N)N)NC(=O)[C@@H](N)CCCNC(=N)N. The molecule has 1 radical (unpaired) electrons. The van der Waals surface area contributed by atoms with Crippen molar-refractivity contribution in [1.82, 2.24) is 31.9 Å². The normalized spacial score (nSPS) is 13.3. The zero-order valence-electron chi connectivity index (χ0n) is 23.5. The molecule has 4 atom stereocenters. The Balaban J connectivity index is 5.48. The average Bonchev–Trinajstić information content (AvgIpc) is 2.91. The highest BCUT2D eigenvalue weighted by Crippen LogP contribution is 2.05. The minimum absolute atomic E-state index is 0.0779. The molecular formula is C23H45N14O5. The van der Waals surface area contributed by atoms with E-state index >= 15 is 0 Å². The molecule has 4 amide bonds. The number of rotatable bonds is 22. The van der Waals surface area contributed by atoms with Gasteiger partial charge in [0.2, 0.25) is 29.9 Å². The predicted molar refractivity (Wildman–Crippen MR) is 155 cm³/mol. The van der Waals surface area contributed by atoms with Gasteiger partial charge in [-0.15, -0.1) is 0 Å². The van der Waals surface area contributed by atoms with E-state index in [4.69, 9.17) is 44.9 Å². The zero-order valence-corrected chi connectivity index (χ0v) is 23.5. The van der Waals surface area contributed by atoms with Gasteiger partial charge in [-0.2, -0.15) is 0 Å². The Morgan fingerprint density at radius 1 is 0.619 bits per heavy atom. The first-order valence-electron chi connectivity index (χ1n) is 13.3. The molecule has 0 aliphatic carbocycles. The number of carbonyl (C=O) groups excluding carboxylic acids is 5. The van der Waals surface area contributed by atoms with Crippen molar-refractivity contribution in [2.45, 2.75) is 75.5 Å². The van der Waals surface area contributed by atoms with Crippen LogP contribution in [0.2, 0.25) is 0 Å². The van der Waals surface area contributed by atoms with Gasteiger partial charge in [-0.25, -0.2) is 0 Å². The Kier molecular flexibility index (Phi) is 18.8. The lowest BCUT2D eigenvalue weighted by Crippen LogP contribution is -2.56. The van der Waals surface area contributed by atoms with E-state index in [-0.39, 0.29) is 63.1 Å². The fraction of sp³-hybridized carbons (Fsp3) is 0.652. The maximum atomic E-state index is 13.2. The van der Waals surface area contributed by atoms with Crippen molar-refractivity contribution in [1.29, 1.82) is 16.2 Å². The van der Waals surface area contributed by atoms with Crippen LogP contribution in [0.25, 0.3) is 0 Å². The molecule has 0 bridgehead atoms. The second-order valence-corrected chi connectivity index (χ2v) is 9.36. The van der Waals surface area contributed by atoms with Crippen LogP contribution < -0.4 is 60.6 Å². The highest BCUT2D eigenvalue weighted by Gasteiger charge is 2.29. The second-order valence-electron chi connectivity index (χ2n) is 9.36. The average molecular weight is 598 g/mol. The number of nitrogens with two attached hydrogens (primary N) is 5. The van der Waals surface area contributed by atoms with Crippen LogP contribution in [0.4, 0.5) is 0 Å². The molecule has 42 heavy (non-hydrogen) atoms. The highest BCUT2D eigenvalue weighted by atomic mass is 16.2. The standard InChI is InChI=1S/C23H45N14O5/c24-14(5-2-10-33-22(28)29)18(40)36-15(6-3-11-34-23(30)31)20(42)37-16(7-8-17(25)39)19(41)35-13(12-38)4-1-9-32-21(26)27/h13-16H,1-11,24H2,(H2,25,39)(H,35,41)(H,36,40)(H,37,42)(H4,26,27,32)(H4,28,29,33)(H4,30,31,34)/t13-,14+,15-,16-/m1/s1. The summed E-state index contributed by atoms with van der Waals surface area (Å²) >= 11 is 0. The number of amides is 4. The predicted octanol–water partition coefficient (Wildman–Crippen LogP) is -5.07. The van der Waals surface area contributed by atoms with Crippen LogP contribution in [-0.4, -0.2) is 91.6 Å². The molecule has 0 aliphatic heterocycles. The van der Waals surface area contributed by atoms with Crippen LogP contribution in [0.5, 0.6) is 0 Å². The van der Waals surface area contributed by atoms with Gasteiger partial charge < -0.3 is 60.6 Å². The largest absolute Gasteiger partial charge is 0.370 e. The van der Waals surface area contributed by atoms with Crippen molar-refractivity contribution in [3.63, 3.8) is 0 Å². The summed E-state index contributed by atoms with van der Waals surface area (Å²) in [5.41, 5.74) is 26.9. The van der Waals surface area contributed by atoms with Crippen molar-refractivity contribution >= 4 is 47.8 Å². The maximum Gasteiger partial charge on any atom is 0.243 e. The number of carbonyl (C=O) groups is 4. The number of hydrogen-bond acceptors (Lipinski definition) is 9. The molecule has 0 heterocycles. The summed E-state index contributed by atoms with van der Waals surface area (Å²) in [7, 11) is 0. The van der Waals surface area contributed by atoms with Gasteiger partial charge in [0.05, 0.1) is 12.1 Å². The topological polar surface area (TPSA) is 359 Å². The molecule has 0 fully saturated rings. The van der Waals surface area contributed by atoms with E-state index < -0.39 is 47.8 Å². The molecule has 237 valence electrons. The summed E-state index contributed by atoms with van der Waals surface area (Å²) in [5.74, 6) is -3.62. The fourth-order valence-electron chi connectivity index (χ4n) is 3.54. The summed E-state index contributed by atoms with van der Waals surface area (Å²) < 4.78 is 0. The molecule has 0 aromatic heterocycles. The van der Waals surface area contributed by atoms with Gasteiger partial charge in [0.25, 0.3) is 0 Å². The van der Waals surface area contributed by atoms with Gasteiger partial charge in [0.1, 0.15) is 12.1 Å². The number of nitrogens with one attached hydrogen (secondary N) is 9. The molecule has 0 rings (SSSR count). The van der Waals surface area contributed by atoms with Crippen molar-refractivity contribution in [3.05, 3.63) is 0 Å². The lowest BCUT2D eigenvalue weighted by atomic mass is 10.1. The first-order valence-corrected chi connectivity index (χ1v) is 13.3. The van der Waals surface area contributed by atoms with Crippen LogP contribution in [0, 0.1) is 16.2 Å². The number of hydrogen-bond donors (Lipinski definition) is 14. The molecule has 19 nitrogen and oxygen atoms in total. The molecule has 19 N–H and O–H groups in total. The highest BCUT2D eigenvalue weighted by molar-refractivity contribution is 5.93. The van der Waals surface area contributed by atoms with E-state index in [1.165, 1.54) is 0 Å². The molecular weight excluding hydrogens is 552 g/mol. The zero-order chi connectivity index (χ0) is 32.1. The Hall–Kier alpha value is -4.68. The summed E-state index contributed by atoms with van der Waals surface area (Å²) in [6.45, 7) is 0.819. The minimum atomic E-state index is -1.28. The fourth-order valence-corrected chi connectivity index (χ4v) is 3.54. The number of primary amides is 1. The van der Waals surface area contributed by atoms with E-state index in [1.807, 2.05) is 0 Å². The lowest BCUT2D eigenvalue weighted by molar-refractivity contribution is -0.133. The molecule has 0 saturated heterocycles. The maximum absolute atomic E-state index is 13.2. The van der Waals surface area contributed by atoms with Crippen molar-refractivity contribution in [3.8, 4) is 0 Å². The molecule has 0 aromatic carbocycles. The van der Waals surface area contributed by atoms with Gasteiger partial charge >= 0.3 is 0 Å². The summed E-state index contributed by atoms with van der Waals surface area (Å²) in [4.78, 5) is 61.7. The Morgan fingerprint density at radius 3 is 1.52 bits per heavy atom. The van der Waals surface area contributed by atoms with Gasteiger partial charge in [0, 0.05) is 26.1 Å². The quantitative estimate of drug-likeness (QED) is 0.0316. The molecule has 0 unspecified atom stereocenters. The van der Waals surface area contributed by atoms with E-state index in [0.29, 0.717) is 25.8 Å². The van der Waals surface area contributed by atoms with E-state index in [9.17, 15) is 24.0 Å². The van der Waals surface area contributed by atoms with E-state index in [2.05, 4.69) is 31.9 Å². The Labute approximate surface area is 244 Å². The van der Waals surface area contributed by atoms with Crippen LogP contribution in [0.3, 0.4) is 0 Å². The van der Waals surface area contributed by atoms with Gasteiger partial charge in [-0.05, 0) is 44.9 Å². The van der Waals surface area contributed by atoms with Crippen molar-refractivity contribution in [2.24, 2.45) is 28.7 Å². The summed E-state index contributed by atoms with van der Waals surface area (Å²) in [5, 5.41) is 36.8. The molecule has 0 spiro atoms. The van der Waals surface area contributed by atoms with Gasteiger partial charge in [-0.1, -0.05) is 0 Å². The van der Waals surface area contributed by atoms with Crippen LogP contribution in [0.15, 0.2) is 0 Å². The number of guanidine groups is 3. The Morgan fingerprint density at radius 2 is 1.05 bits per heavy atom. The van der Waals surface area contributed by atoms with E-state index in [0.717, 1.165) is 0 Å². The summed E-state index contributed by atoms with van der Waals surface area (Å²) in [6.07, 6.45) is 2.81. The van der Waals surface area contributed by atoms with Crippen molar-refractivity contribution < 1.29 is 24.0 Å². The lowest BCUT2D eigenvalue weighted by Gasteiger charge is -2.25. The second kappa shape index (κ2) is 21.1. The third-order valence-electron chi connectivity index (χ3n) is 5.72. The smallest absolute Gasteiger partial charge is 0.243 e. The molecule has 0 saturated carbocycles. The van der Waals surface area contributed by atoms with Crippen molar-refractivity contribution in [2.75, 3.05) is 19.6 Å². The van der Waals surface area contributed by atoms with Crippen LogP contribution in [-0.2, 0) is 24.0 Å². The van der Waals surface area contributed by atoms with E-state index in [1.54, 1.807) is 6.29 Å². The minimum Gasteiger partial charge on any atom is -0.370 e. The first kappa shape index (κ1) is 37.3. The van der Waals surface area contributed by atoms with Crippen LogP contribution in [0.1, 0.15) is 51.4 Å². The first-order chi connectivity index (χ1) is 19.8. The Bertz CT molecular complexity index is 947.